The van der Waals surface area contributed by atoms with Crippen LogP contribution in [-0.4, -0.2) is 0 Å². The van der Waals surface area contributed by atoms with Gasteiger partial charge in [0.05, 0.1) is 0 Å². The van der Waals surface area contributed by atoms with Crippen LogP contribution in [0.5, 0.6) is 0 Å². The van der Waals surface area contributed by atoms with Crippen LogP contribution in [0, 0.1) is 12.3 Å². The second-order valence-electron chi connectivity index (χ2n) is 2.73. The Morgan fingerprint density at radius 1 is 1.50 bits per heavy atom. The van der Waals surface area contributed by atoms with Crippen LogP contribution in [0.3, 0.4) is 0 Å². The number of rotatable bonds is 0. The van der Waals surface area contributed by atoms with Gasteiger partial charge in [0.25, 0.3) is 0 Å². The fourth-order valence-corrected chi connectivity index (χ4v) is 0.954. The smallest absolute Gasteiger partial charge is 0.0138 e. The lowest BCUT2D eigenvalue weighted by molar-refractivity contribution is 0.567. The Bertz CT molecular complexity index is 101. The lowest BCUT2D eigenvalue weighted by Crippen LogP contribution is -1.99. The van der Waals surface area contributed by atoms with E-state index in [1.807, 2.05) is 0 Å². The normalized spacial score (nSPS) is 29.8. The molecule has 0 fully saturated rings. The molecule has 1 aliphatic carbocycles. The largest absolute Gasteiger partial charge is 0.0850 e. The van der Waals surface area contributed by atoms with E-state index in [0.29, 0.717) is 0 Å². The summed E-state index contributed by atoms with van der Waals surface area (Å²) in [5.41, 5.74) is 1.46. The van der Waals surface area contributed by atoms with Gasteiger partial charge in [-0.25, -0.2) is 0 Å². The molecule has 1 atom stereocenters. The van der Waals surface area contributed by atoms with Gasteiger partial charge >= 0.3 is 0 Å². The average Bonchev–Trinajstić information content (AvgIpc) is 1.77. The molecular formula is C8H13. The highest BCUT2D eigenvalue weighted by Gasteiger charge is 2.05. The predicted octanol–water partition coefficient (Wildman–Crippen LogP) is 2.57. The lowest BCUT2D eigenvalue weighted by atomic mass is 9.92. The average molecular weight is 109 g/mol. The fraction of sp³-hybridized carbons (Fsp3) is 0.625. The highest BCUT2D eigenvalue weighted by atomic mass is 14.1. The van der Waals surface area contributed by atoms with E-state index in [-0.39, 0.29) is 0 Å². The van der Waals surface area contributed by atoms with Crippen molar-refractivity contribution in [2.45, 2.75) is 26.7 Å². The topological polar surface area (TPSA) is 0 Å². The molecule has 1 aliphatic rings. The number of hydrogen-bond acceptors (Lipinski definition) is 0. The van der Waals surface area contributed by atoms with Gasteiger partial charge in [0.15, 0.2) is 0 Å². The minimum Gasteiger partial charge on any atom is -0.0850 e. The molecule has 0 saturated heterocycles. The molecule has 0 aromatic rings. The summed E-state index contributed by atoms with van der Waals surface area (Å²) in [5.74, 6) is 0.888. The van der Waals surface area contributed by atoms with Crippen LogP contribution >= 0.6 is 0 Å². The predicted molar refractivity (Wildman–Crippen MR) is 36.5 cm³/mol. The van der Waals surface area contributed by atoms with Crippen LogP contribution < -0.4 is 0 Å². The van der Waals surface area contributed by atoms with Crippen LogP contribution in [0.2, 0.25) is 0 Å². The van der Waals surface area contributed by atoms with Crippen LogP contribution in [0.4, 0.5) is 0 Å². The van der Waals surface area contributed by atoms with Gasteiger partial charge in [-0.1, -0.05) is 18.6 Å². The second kappa shape index (κ2) is 2.34. The molecule has 0 N–H and O–H groups in total. The van der Waals surface area contributed by atoms with E-state index >= 15 is 0 Å². The first-order chi connectivity index (χ1) is 3.79. The Balaban J connectivity index is 2.42. The van der Waals surface area contributed by atoms with E-state index in [1.165, 1.54) is 18.4 Å². The molecule has 0 aliphatic heterocycles. The van der Waals surface area contributed by atoms with E-state index < -0.39 is 0 Å². The van der Waals surface area contributed by atoms with Crippen LogP contribution in [-0.2, 0) is 0 Å². The molecule has 45 valence electrons. The molecule has 0 heteroatoms. The minimum atomic E-state index is 0.888. The van der Waals surface area contributed by atoms with E-state index in [1.54, 1.807) is 0 Å². The third kappa shape index (κ3) is 1.36. The first kappa shape index (κ1) is 5.87. The maximum absolute atomic E-state index is 2.31. The highest BCUT2D eigenvalue weighted by Crippen LogP contribution is 2.20. The van der Waals surface area contributed by atoms with Gasteiger partial charge in [0.2, 0.25) is 0 Å². The summed E-state index contributed by atoms with van der Waals surface area (Å²) in [6, 6.07) is 0. The van der Waals surface area contributed by atoms with Gasteiger partial charge in [0.1, 0.15) is 0 Å². The molecule has 0 aromatic carbocycles. The van der Waals surface area contributed by atoms with E-state index in [9.17, 15) is 0 Å². The summed E-state index contributed by atoms with van der Waals surface area (Å²) >= 11 is 0. The summed E-state index contributed by atoms with van der Waals surface area (Å²) in [5, 5.41) is 0. The van der Waals surface area contributed by atoms with Crippen molar-refractivity contribution in [3.05, 3.63) is 18.1 Å². The quantitative estimate of drug-likeness (QED) is 0.448. The molecule has 1 unspecified atom stereocenters. The molecule has 1 radical (unpaired) electrons. The molecule has 0 heterocycles. The summed E-state index contributed by atoms with van der Waals surface area (Å²) < 4.78 is 0. The van der Waals surface area contributed by atoms with Crippen molar-refractivity contribution in [3.8, 4) is 0 Å². The van der Waals surface area contributed by atoms with Crippen molar-refractivity contribution >= 4 is 0 Å². The summed E-state index contributed by atoms with van der Waals surface area (Å²) in [6.45, 7) is 4.46. The Labute approximate surface area is 51.6 Å². The van der Waals surface area contributed by atoms with E-state index in [0.717, 1.165) is 5.92 Å². The third-order valence-electron chi connectivity index (χ3n) is 1.68. The van der Waals surface area contributed by atoms with E-state index in [2.05, 4.69) is 26.3 Å². The Morgan fingerprint density at radius 2 is 2.25 bits per heavy atom. The van der Waals surface area contributed by atoms with Crippen molar-refractivity contribution in [1.29, 1.82) is 0 Å². The maximum Gasteiger partial charge on any atom is -0.0138 e. The highest BCUT2D eigenvalue weighted by molar-refractivity contribution is 5.13. The fourth-order valence-electron chi connectivity index (χ4n) is 0.954. The molecule has 8 heavy (non-hydrogen) atoms. The standard InChI is InChI=1S/C8H13/c1-7-3-5-8(2)6-4-7/h3-4,8H,5-6H2,1-2H3. The first-order valence-electron chi connectivity index (χ1n) is 3.29. The summed E-state index contributed by atoms with van der Waals surface area (Å²) in [7, 11) is 0. The van der Waals surface area contributed by atoms with Crippen molar-refractivity contribution in [2.24, 2.45) is 5.92 Å². The van der Waals surface area contributed by atoms with Gasteiger partial charge in [-0.15, -0.1) is 0 Å². The first-order valence-corrected chi connectivity index (χ1v) is 3.29. The minimum absolute atomic E-state index is 0.888. The molecule has 0 amide bonds. The summed E-state index contributed by atoms with van der Waals surface area (Å²) in [4.78, 5) is 0. The van der Waals surface area contributed by atoms with Gasteiger partial charge in [-0.05, 0) is 32.1 Å². The number of hydrogen-bond donors (Lipinski definition) is 0. The van der Waals surface area contributed by atoms with Crippen LogP contribution in [0.1, 0.15) is 26.7 Å². The van der Waals surface area contributed by atoms with Crippen molar-refractivity contribution in [3.63, 3.8) is 0 Å². The van der Waals surface area contributed by atoms with Crippen LogP contribution in [0.25, 0.3) is 0 Å². The van der Waals surface area contributed by atoms with Gasteiger partial charge in [-0.2, -0.15) is 0 Å². The SMILES string of the molecule is CC1=CCC(C)C[CH]1. The Hall–Kier alpha value is -0.260. The van der Waals surface area contributed by atoms with Crippen molar-refractivity contribution in [2.75, 3.05) is 0 Å². The van der Waals surface area contributed by atoms with Gasteiger partial charge in [0, 0.05) is 0 Å². The summed E-state index contributed by atoms with van der Waals surface area (Å²) in [6.07, 6.45) is 7.19. The zero-order valence-electron chi connectivity index (χ0n) is 5.65. The maximum atomic E-state index is 2.31. The molecular weight excluding hydrogens is 96.1 g/mol. The van der Waals surface area contributed by atoms with E-state index in [4.69, 9.17) is 0 Å². The third-order valence-corrected chi connectivity index (χ3v) is 1.68. The zero-order chi connectivity index (χ0) is 5.98. The van der Waals surface area contributed by atoms with Gasteiger partial charge < -0.3 is 0 Å². The van der Waals surface area contributed by atoms with Crippen LogP contribution in [0.15, 0.2) is 11.6 Å². The lowest BCUT2D eigenvalue weighted by Gasteiger charge is -2.14. The Morgan fingerprint density at radius 3 is 2.62 bits per heavy atom. The van der Waals surface area contributed by atoms with Gasteiger partial charge in [-0.3, -0.25) is 0 Å². The van der Waals surface area contributed by atoms with Crippen molar-refractivity contribution in [1.82, 2.24) is 0 Å². The van der Waals surface area contributed by atoms with Crippen molar-refractivity contribution < 1.29 is 0 Å². The Kier molecular flexibility index (Phi) is 1.72. The molecule has 0 aromatic heterocycles. The molecule has 0 nitrogen and oxygen atoms in total. The second-order valence-corrected chi connectivity index (χ2v) is 2.73. The molecule has 0 bridgehead atoms. The molecule has 0 spiro atoms. The zero-order valence-corrected chi connectivity index (χ0v) is 5.65. The molecule has 1 rings (SSSR count). The molecule has 0 saturated carbocycles. The monoisotopic (exact) mass is 109 g/mol. The number of allylic oxidation sites excluding steroid dienone is 2.